The summed E-state index contributed by atoms with van der Waals surface area (Å²) in [4.78, 5) is 39.6. The largest absolute Gasteiger partial charge is 0.454 e. The normalized spacial score (nSPS) is 14.2. The summed E-state index contributed by atoms with van der Waals surface area (Å²) in [6, 6.07) is 18.2. The van der Waals surface area contributed by atoms with Crippen LogP contribution in [-0.2, 0) is 6.54 Å². The summed E-state index contributed by atoms with van der Waals surface area (Å²) in [5.41, 5.74) is 4.55. The van der Waals surface area contributed by atoms with Crippen LogP contribution in [0, 0.1) is 6.92 Å². The van der Waals surface area contributed by atoms with E-state index in [0.29, 0.717) is 45.5 Å². The molecule has 0 unspecified atom stereocenters. The van der Waals surface area contributed by atoms with E-state index < -0.39 is 0 Å². The average molecular weight is 438 g/mol. The summed E-state index contributed by atoms with van der Waals surface area (Å²) in [6.07, 6.45) is 0. The predicted octanol–water partition coefficient (Wildman–Crippen LogP) is 3.97. The van der Waals surface area contributed by atoms with Crippen molar-refractivity contribution in [2.24, 2.45) is 0 Å². The van der Waals surface area contributed by atoms with Crippen molar-refractivity contribution in [1.82, 2.24) is 19.9 Å². The van der Waals surface area contributed by atoms with E-state index in [9.17, 15) is 9.59 Å². The van der Waals surface area contributed by atoms with Crippen LogP contribution in [0.3, 0.4) is 0 Å². The van der Waals surface area contributed by atoms with Crippen LogP contribution in [-0.4, -0.2) is 38.5 Å². The standard InChI is InChI=1S/C25H18N4O4/c1-14-5-4-8-18(26-14)23-22(15-9-10-19-20(11-15)33-13-32-19)27-21(28-23)12-29-24(30)16-6-2-3-7-17(16)25(29)31/h2-11H,12-13H2,1H3,(H,27,28). The molecule has 0 atom stereocenters. The van der Waals surface area contributed by atoms with Gasteiger partial charge in [0.15, 0.2) is 11.5 Å². The van der Waals surface area contributed by atoms with Gasteiger partial charge in [0.2, 0.25) is 6.79 Å². The molecule has 2 aliphatic rings. The zero-order valence-electron chi connectivity index (χ0n) is 17.7. The second kappa shape index (κ2) is 7.30. The molecule has 6 rings (SSSR count). The van der Waals surface area contributed by atoms with Gasteiger partial charge in [0.1, 0.15) is 5.82 Å². The first-order valence-corrected chi connectivity index (χ1v) is 10.5. The molecule has 33 heavy (non-hydrogen) atoms. The number of carbonyl (C=O) groups excluding carboxylic acids is 2. The van der Waals surface area contributed by atoms with Crippen molar-refractivity contribution in [2.75, 3.05) is 6.79 Å². The van der Waals surface area contributed by atoms with Gasteiger partial charge in [-0.3, -0.25) is 19.5 Å². The Morgan fingerprint density at radius 2 is 1.67 bits per heavy atom. The quantitative estimate of drug-likeness (QED) is 0.484. The number of imidazole rings is 1. The first kappa shape index (κ1) is 19.2. The molecule has 2 amide bonds. The number of carbonyl (C=O) groups is 2. The average Bonchev–Trinajstić information content (AvgIpc) is 3.53. The summed E-state index contributed by atoms with van der Waals surface area (Å²) in [5.74, 6) is 1.14. The van der Waals surface area contributed by atoms with Gasteiger partial charge < -0.3 is 14.5 Å². The third-order valence-corrected chi connectivity index (χ3v) is 5.73. The zero-order valence-corrected chi connectivity index (χ0v) is 17.7. The molecule has 0 fully saturated rings. The minimum absolute atomic E-state index is 0.0235. The minimum atomic E-state index is -0.327. The number of nitrogens with one attached hydrogen (secondary N) is 1. The van der Waals surface area contributed by atoms with Crippen molar-refractivity contribution in [2.45, 2.75) is 13.5 Å². The molecular formula is C25H18N4O4. The number of benzene rings is 2. The molecule has 0 aliphatic carbocycles. The molecule has 4 heterocycles. The zero-order chi connectivity index (χ0) is 22.5. The SMILES string of the molecule is Cc1cccc(-c2[nH]c(CN3C(=O)c4ccccc4C3=O)nc2-c2ccc3c(c2)OCO3)n1. The number of imide groups is 1. The van der Waals surface area contributed by atoms with Crippen LogP contribution in [0.15, 0.2) is 60.7 Å². The number of aromatic nitrogens is 3. The highest BCUT2D eigenvalue weighted by molar-refractivity contribution is 6.21. The van der Waals surface area contributed by atoms with E-state index in [4.69, 9.17) is 14.5 Å². The van der Waals surface area contributed by atoms with Gasteiger partial charge in [-0.25, -0.2) is 4.98 Å². The number of hydrogen-bond donors (Lipinski definition) is 1. The number of H-pyrrole nitrogens is 1. The third-order valence-electron chi connectivity index (χ3n) is 5.73. The Hall–Kier alpha value is -4.46. The Balaban J connectivity index is 1.42. The summed E-state index contributed by atoms with van der Waals surface area (Å²) >= 11 is 0. The number of aryl methyl sites for hydroxylation is 1. The highest BCUT2D eigenvalue weighted by atomic mass is 16.7. The molecule has 2 aliphatic heterocycles. The number of hydrogen-bond acceptors (Lipinski definition) is 6. The third kappa shape index (κ3) is 3.15. The van der Waals surface area contributed by atoms with Crippen LogP contribution in [0.25, 0.3) is 22.6 Å². The monoisotopic (exact) mass is 438 g/mol. The van der Waals surface area contributed by atoms with Crippen molar-refractivity contribution >= 4 is 11.8 Å². The molecule has 0 bridgehead atoms. The molecule has 2 aromatic heterocycles. The van der Waals surface area contributed by atoms with E-state index in [1.807, 2.05) is 43.3 Å². The molecule has 1 N–H and O–H groups in total. The smallest absolute Gasteiger partial charge is 0.261 e. The topological polar surface area (TPSA) is 97.4 Å². The number of ether oxygens (including phenoxy) is 2. The van der Waals surface area contributed by atoms with E-state index in [2.05, 4.69) is 9.97 Å². The second-order valence-electron chi connectivity index (χ2n) is 7.88. The molecule has 0 radical (unpaired) electrons. The van der Waals surface area contributed by atoms with E-state index in [1.54, 1.807) is 24.3 Å². The molecule has 8 heteroatoms. The molecule has 162 valence electrons. The lowest BCUT2D eigenvalue weighted by atomic mass is 10.1. The van der Waals surface area contributed by atoms with Gasteiger partial charge in [0, 0.05) is 11.3 Å². The predicted molar refractivity (Wildman–Crippen MR) is 119 cm³/mol. The number of nitrogens with zero attached hydrogens (tertiary/aromatic N) is 3. The van der Waals surface area contributed by atoms with Gasteiger partial charge in [0.05, 0.1) is 34.8 Å². The summed E-state index contributed by atoms with van der Waals surface area (Å²) in [6.45, 7) is 2.12. The molecule has 2 aromatic carbocycles. The van der Waals surface area contributed by atoms with Gasteiger partial charge in [0.25, 0.3) is 11.8 Å². The molecule has 0 spiro atoms. The first-order chi connectivity index (χ1) is 16.1. The maximum absolute atomic E-state index is 12.8. The highest BCUT2D eigenvalue weighted by Crippen LogP contribution is 2.38. The Labute approximate surface area is 188 Å². The van der Waals surface area contributed by atoms with Crippen LogP contribution in [0.1, 0.15) is 32.2 Å². The Kier molecular flexibility index (Phi) is 4.26. The van der Waals surface area contributed by atoms with Crippen LogP contribution < -0.4 is 9.47 Å². The molecule has 8 nitrogen and oxygen atoms in total. The van der Waals surface area contributed by atoms with Crippen molar-refractivity contribution < 1.29 is 19.1 Å². The molecular weight excluding hydrogens is 420 g/mol. The van der Waals surface area contributed by atoms with Crippen molar-refractivity contribution in [3.05, 3.63) is 83.3 Å². The van der Waals surface area contributed by atoms with E-state index in [1.165, 1.54) is 4.90 Å². The van der Waals surface area contributed by atoms with Gasteiger partial charge in [-0.1, -0.05) is 18.2 Å². The molecule has 0 saturated heterocycles. The maximum atomic E-state index is 12.8. The Bertz CT molecular complexity index is 1410. The lowest BCUT2D eigenvalue weighted by molar-refractivity contribution is 0.0638. The van der Waals surface area contributed by atoms with E-state index in [0.717, 1.165) is 11.3 Å². The number of pyridine rings is 1. The van der Waals surface area contributed by atoms with Crippen LogP contribution >= 0.6 is 0 Å². The van der Waals surface area contributed by atoms with Crippen LogP contribution in [0.4, 0.5) is 0 Å². The summed E-state index contributed by atoms with van der Waals surface area (Å²) in [5, 5.41) is 0. The molecule has 4 aromatic rings. The fraction of sp³-hybridized carbons (Fsp3) is 0.120. The minimum Gasteiger partial charge on any atom is -0.454 e. The van der Waals surface area contributed by atoms with E-state index in [-0.39, 0.29) is 25.2 Å². The van der Waals surface area contributed by atoms with Crippen molar-refractivity contribution in [1.29, 1.82) is 0 Å². The van der Waals surface area contributed by atoms with Gasteiger partial charge >= 0.3 is 0 Å². The van der Waals surface area contributed by atoms with Crippen molar-refractivity contribution in [3.63, 3.8) is 0 Å². The lowest BCUT2D eigenvalue weighted by Crippen LogP contribution is -2.29. The maximum Gasteiger partial charge on any atom is 0.261 e. The Morgan fingerprint density at radius 3 is 2.42 bits per heavy atom. The van der Waals surface area contributed by atoms with Gasteiger partial charge in [-0.2, -0.15) is 0 Å². The fourth-order valence-electron chi connectivity index (χ4n) is 4.15. The first-order valence-electron chi connectivity index (χ1n) is 10.5. The van der Waals surface area contributed by atoms with Crippen molar-refractivity contribution in [3.8, 4) is 34.1 Å². The number of aromatic amines is 1. The van der Waals surface area contributed by atoms with Crippen LogP contribution in [0.5, 0.6) is 11.5 Å². The van der Waals surface area contributed by atoms with Crippen LogP contribution in [0.2, 0.25) is 0 Å². The Morgan fingerprint density at radius 1 is 0.909 bits per heavy atom. The second-order valence-corrected chi connectivity index (χ2v) is 7.88. The summed E-state index contributed by atoms with van der Waals surface area (Å²) in [7, 11) is 0. The van der Waals surface area contributed by atoms with Gasteiger partial charge in [-0.15, -0.1) is 0 Å². The van der Waals surface area contributed by atoms with E-state index >= 15 is 0 Å². The number of rotatable bonds is 4. The number of fused-ring (bicyclic) bond motifs is 2. The highest BCUT2D eigenvalue weighted by Gasteiger charge is 2.36. The summed E-state index contributed by atoms with van der Waals surface area (Å²) < 4.78 is 11.0. The number of amides is 2. The molecule has 0 saturated carbocycles. The fourth-order valence-corrected chi connectivity index (χ4v) is 4.15. The lowest BCUT2D eigenvalue weighted by Gasteiger charge is -2.11. The van der Waals surface area contributed by atoms with Gasteiger partial charge in [-0.05, 0) is 49.4 Å².